The van der Waals surface area contributed by atoms with Crippen LogP contribution in [0.1, 0.15) is 54.7 Å². The maximum absolute atomic E-state index is 11.5. The van der Waals surface area contributed by atoms with Crippen LogP contribution in [0.25, 0.3) is 10.8 Å². The van der Waals surface area contributed by atoms with E-state index in [-0.39, 0.29) is 5.97 Å². The van der Waals surface area contributed by atoms with E-state index in [4.69, 9.17) is 4.74 Å². The van der Waals surface area contributed by atoms with Crippen molar-refractivity contribution in [2.45, 2.75) is 44.9 Å². The Morgan fingerprint density at radius 1 is 1.19 bits per heavy atom. The first-order chi connectivity index (χ1) is 10.1. The minimum absolute atomic E-state index is 0.298. The smallest absolute Gasteiger partial charge is 0.308 e. The average molecular weight is 282 g/mol. The van der Waals surface area contributed by atoms with Crippen LogP contribution in [0.4, 0.5) is 0 Å². The fourth-order valence-corrected chi connectivity index (χ4v) is 4.17. The van der Waals surface area contributed by atoms with Crippen molar-refractivity contribution in [3.63, 3.8) is 0 Å². The summed E-state index contributed by atoms with van der Waals surface area (Å²) in [6.07, 6.45) is 3.33. The molecular formula is C18H18O3. The molecule has 0 spiro atoms. The number of carbonyl (C=O) groups is 1. The van der Waals surface area contributed by atoms with Crippen molar-refractivity contribution in [3.05, 3.63) is 34.9 Å². The molecule has 0 aromatic heterocycles. The largest absolute Gasteiger partial charge is 0.507 e. The lowest BCUT2D eigenvalue weighted by Crippen LogP contribution is -2.08. The first-order valence-corrected chi connectivity index (χ1v) is 7.53. The molecule has 3 heteroatoms. The summed E-state index contributed by atoms with van der Waals surface area (Å²) in [5.74, 6) is 1.62. The summed E-state index contributed by atoms with van der Waals surface area (Å²) < 4.78 is 5.58. The van der Waals surface area contributed by atoms with Crippen molar-refractivity contribution in [3.8, 4) is 11.5 Å². The highest BCUT2D eigenvalue weighted by atomic mass is 16.5. The minimum Gasteiger partial charge on any atom is -0.507 e. The van der Waals surface area contributed by atoms with Crippen LogP contribution in [0.5, 0.6) is 11.5 Å². The first-order valence-electron chi connectivity index (χ1n) is 7.53. The Morgan fingerprint density at radius 2 is 1.90 bits per heavy atom. The van der Waals surface area contributed by atoms with Gasteiger partial charge in [-0.25, -0.2) is 0 Å². The second kappa shape index (κ2) is 4.23. The standard InChI is InChI=1S/C18H18O3/c1-9-3-6-13-14(7-9)18(21-10(2)19)16-12-5-4-11(8-12)15(16)17(13)20/h3,6-7,11-12,20H,4-5,8H2,1-2H3. The van der Waals surface area contributed by atoms with Gasteiger partial charge in [-0.3, -0.25) is 4.79 Å². The van der Waals surface area contributed by atoms with Crippen molar-refractivity contribution >= 4 is 16.7 Å². The summed E-state index contributed by atoms with van der Waals surface area (Å²) >= 11 is 0. The van der Waals surface area contributed by atoms with Crippen LogP contribution in [-0.4, -0.2) is 11.1 Å². The van der Waals surface area contributed by atoms with E-state index in [1.54, 1.807) is 0 Å². The van der Waals surface area contributed by atoms with Gasteiger partial charge in [0.25, 0.3) is 0 Å². The number of fused-ring (bicyclic) bond motifs is 6. The molecule has 21 heavy (non-hydrogen) atoms. The Hall–Kier alpha value is -2.03. The number of hydrogen-bond acceptors (Lipinski definition) is 3. The lowest BCUT2D eigenvalue weighted by molar-refractivity contribution is -0.131. The summed E-state index contributed by atoms with van der Waals surface area (Å²) in [6.45, 7) is 3.45. The quantitative estimate of drug-likeness (QED) is 0.631. The number of esters is 1. The van der Waals surface area contributed by atoms with Crippen molar-refractivity contribution in [2.24, 2.45) is 0 Å². The van der Waals surface area contributed by atoms with Gasteiger partial charge in [-0.05, 0) is 44.1 Å². The Labute approximate surface area is 123 Å². The zero-order chi connectivity index (χ0) is 14.7. The summed E-state index contributed by atoms with van der Waals surface area (Å²) in [5, 5.41) is 12.4. The van der Waals surface area contributed by atoms with Crippen LogP contribution < -0.4 is 4.74 Å². The van der Waals surface area contributed by atoms with E-state index in [9.17, 15) is 9.90 Å². The van der Waals surface area contributed by atoms with Gasteiger partial charge < -0.3 is 9.84 Å². The molecule has 0 aliphatic heterocycles. The second-order valence-electron chi connectivity index (χ2n) is 6.35. The number of phenols is 1. The first kappa shape index (κ1) is 12.7. The molecule has 3 nitrogen and oxygen atoms in total. The van der Waals surface area contributed by atoms with E-state index < -0.39 is 0 Å². The molecule has 4 rings (SSSR count). The van der Waals surface area contributed by atoms with E-state index in [2.05, 4.69) is 0 Å². The van der Waals surface area contributed by atoms with Gasteiger partial charge in [0.15, 0.2) is 0 Å². The Balaban J connectivity index is 2.11. The molecule has 2 atom stereocenters. The molecule has 2 aromatic rings. The maximum atomic E-state index is 11.5. The fourth-order valence-electron chi connectivity index (χ4n) is 4.17. The monoisotopic (exact) mass is 282 g/mol. The van der Waals surface area contributed by atoms with Gasteiger partial charge >= 0.3 is 5.97 Å². The number of carbonyl (C=O) groups excluding carboxylic acids is 1. The van der Waals surface area contributed by atoms with Gasteiger partial charge in [0, 0.05) is 28.8 Å². The molecular weight excluding hydrogens is 264 g/mol. The highest BCUT2D eigenvalue weighted by molar-refractivity contribution is 5.98. The predicted molar refractivity (Wildman–Crippen MR) is 81.0 cm³/mol. The Kier molecular flexibility index (Phi) is 2.56. The van der Waals surface area contributed by atoms with E-state index in [1.165, 1.54) is 6.92 Å². The zero-order valence-corrected chi connectivity index (χ0v) is 12.3. The number of ether oxygens (including phenoxy) is 1. The van der Waals surface area contributed by atoms with Gasteiger partial charge in [0.05, 0.1) is 0 Å². The van der Waals surface area contributed by atoms with E-state index >= 15 is 0 Å². The average Bonchev–Trinajstić information content (AvgIpc) is 3.03. The molecule has 108 valence electrons. The van der Waals surface area contributed by atoms with Gasteiger partial charge in [-0.1, -0.05) is 17.7 Å². The number of hydrogen-bond donors (Lipinski definition) is 1. The Morgan fingerprint density at radius 3 is 2.62 bits per heavy atom. The van der Waals surface area contributed by atoms with Crippen LogP contribution >= 0.6 is 0 Å². The van der Waals surface area contributed by atoms with Crippen molar-refractivity contribution in [1.82, 2.24) is 0 Å². The van der Waals surface area contributed by atoms with Gasteiger partial charge in [-0.2, -0.15) is 0 Å². The summed E-state index contributed by atoms with van der Waals surface area (Å²) in [6, 6.07) is 5.91. The molecule has 1 saturated carbocycles. The summed E-state index contributed by atoms with van der Waals surface area (Å²) in [4.78, 5) is 11.5. The maximum Gasteiger partial charge on any atom is 0.308 e. The van der Waals surface area contributed by atoms with Crippen molar-refractivity contribution < 1.29 is 14.6 Å². The van der Waals surface area contributed by atoms with E-state index in [0.29, 0.717) is 23.3 Å². The van der Waals surface area contributed by atoms with Crippen molar-refractivity contribution in [2.75, 3.05) is 0 Å². The fraction of sp³-hybridized carbons (Fsp3) is 0.389. The molecule has 0 heterocycles. The third-order valence-corrected chi connectivity index (χ3v) is 4.96. The molecule has 2 aromatic carbocycles. The molecule has 2 unspecified atom stereocenters. The number of aromatic hydroxyl groups is 1. The van der Waals surface area contributed by atoms with Crippen molar-refractivity contribution in [1.29, 1.82) is 0 Å². The third kappa shape index (κ3) is 1.70. The number of rotatable bonds is 1. The zero-order valence-electron chi connectivity index (χ0n) is 12.3. The minimum atomic E-state index is -0.298. The Bertz CT molecular complexity index is 776. The number of benzene rings is 2. The molecule has 2 aliphatic rings. The predicted octanol–water partition coefficient (Wildman–Crippen LogP) is 4.14. The molecule has 2 aliphatic carbocycles. The third-order valence-electron chi connectivity index (χ3n) is 4.96. The molecule has 0 amide bonds. The SMILES string of the molecule is CC(=O)Oc1c2c(c(O)c3ccc(C)cc13)C1CCC2C1. The second-order valence-corrected chi connectivity index (χ2v) is 6.35. The van der Waals surface area contributed by atoms with E-state index in [0.717, 1.165) is 46.7 Å². The van der Waals surface area contributed by atoms with Crippen LogP contribution in [0, 0.1) is 6.92 Å². The van der Waals surface area contributed by atoms with Crippen LogP contribution in [0.2, 0.25) is 0 Å². The molecule has 0 saturated heterocycles. The molecule has 1 fully saturated rings. The van der Waals surface area contributed by atoms with Gasteiger partial charge in [0.2, 0.25) is 0 Å². The molecule has 0 radical (unpaired) electrons. The van der Waals surface area contributed by atoms with Crippen LogP contribution in [0.3, 0.4) is 0 Å². The van der Waals surface area contributed by atoms with Gasteiger partial charge in [-0.15, -0.1) is 0 Å². The topological polar surface area (TPSA) is 46.5 Å². The summed E-state index contributed by atoms with van der Waals surface area (Å²) in [7, 11) is 0. The highest BCUT2D eigenvalue weighted by Gasteiger charge is 2.42. The lowest BCUT2D eigenvalue weighted by atomic mass is 9.87. The number of aryl methyl sites for hydroxylation is 1. The van der Waals surface area contributed by atoms with E-state index in [1.807, 2.05) is 25.1 Å². The molecule has 1 N–H and O–H groups in total. The number of phenolic OH excluding ortho intramolecular Hbond substituents is 1. The normalized spacial score (nSPS) is 22.6. The lowest BCUT2D eigenvalue weighted by Gasteiger charge is -2.22. The molecule has 2 bridgehead atoms. The highest BCUT2D eigenvalue weighted by Crippen LogP contribution is 2.60. The van der Waals surface area contributed by atoms with Crippen LogP contribution in [-0.2, 0) is 4.79 Å². The van der Waals surface area contributed by atoms with Crippen LogP contribution in [0.15, 0.2) is 18.2 Å². The van der Waals surface area contributed by atoms with Gasteiger partial charge in [0.1, 0.15) is 11.5 Å². The summed E-state index contributed by atoms with van der Waals surface area (Å²) in [5.41, 5.74) is 3.20.